The van der Waals surface area contributed by atoms with Gasteiger partial charge in [0.2, 0.25) is 5.91 Å². The quantitative estimate of drug-likeness (QED) is 0.758. The Balaban J connectivity index is 2.42. The fourth-order valence-electron chi connectivity index (χ4n) is 2.31. The number of nitrogens with zero attached hydrogens (tertiary/aromatic N) is 1. The molecule has 0 bridgehead atoms. The first-order chi connectivity index (χ1) is 11.0. The highest BCUT2D eigenvalue weighted by Crippen LogP contribution is 2.38. The number of amidine groups is 1. The highest BCUT2D eigenvalue weighted by atomic mass is 35.5. The molecule has 0 spiro atoms. The average Bonchev–Trinajstić information content (AvgIpc) is 2.49. The number of aliphatic imine (C=N–C) groups is 1. The number of carbonyl (C=O) groups is 1. The van der Waals surface area contributed by atoms with E-state index in [0.29, 0.717) is 26.9 Å². The van der Waals surface area contributed by atoms with Gasteiger partial charge in [0.05, 0.1) is 15.6 Å². The highest BCUT2D eigenvalue weighted by Gasteiger charge is 2.29. The first-order valence-electron chi connectivity index (χ1n) is 7.37. The first kappa shape index (κ1) is 18.2. The predicted molar refractivity (Wildman–Crippen MR) is 99.0 cm³/mol. The van der Waals surface area contributed by atoms with Crippen molar-refractivity contribution in [3.05, 3.63) is 45.1 Å². The number of carbonyl (C=O) groups excluding carboxylic acids is 1. The van der Waals surface area contributed by atoms with E-state index in [9.17, 15) is 4.79 Å². The van der Waals surface area contributed by atoms with Gasteiger partial charge in [0.25, 0.3) is 0 Å². The Kier molecular flexibility index (Phi) is 6.39. The summed E-state index contributed by atoms with van der Waals surface area (Å²) in [5.74, 6) is 0.440. The monoisotopic (exact) mass is 371 g/mol. The van der Waals surface area contributed by atoms with Crippen LogP contribution in [-0.4, -0.2) is 16.8 Å². The molecule has 2 rings (SSSR count). The molecular weight excluding hydrogens is 353 g/mol. The molecule has 1 aromatic carbocycles. The molecule has 4 nitrogen and oxygen atoms in total. The fourth-order valence-corrected chi connectivity index (χ4v) is 3.75. The fraction of sp³-hybridized carbons (Fsp3) is 0.375. The zero-order valence-electron chi connectivity index (χ0n) is 13.0. The summed E-state index contributed by atoms with van der Waals surface area (Å²) in [6, 6.07) is 4.77. The van der Waals surface area contributed by atoms with Crippen LogP contribution >= 0.6 is 35.0 Å². The number of hydrogen-bond acceptors (Lipinski definition) is 4. The van der Waals surface area contributed by atoms with Crippen molar-refractivity contribution < 1.29 is 4.79 Å². The Morgan fingerprint density at radius 3 is 2.83 bits per heavy atom. The van der Waals surface area contributed by atoms with E-state index in [1.807, 2.05) is 13.0 Å². The standard InChI is InChI=1S/C16H19Cl2N3OS/c1-3-4-8-23-16-20-9(2)12(15(19)22)14(21-16)10-6-5-7-11(17)13(10)18/h5-7,14H,3-4,8H2,1-2H3,(H2,19,22)(H,20,21)/t14-/m0/s1. The average molecular weight is 372 g/mol. The Morgan fingerprint density at radius 1 is 1.43 bits per heavy atom. The Labute approximate surface area is 150 Å². The number of halogens is 2. The maximum atomic E-state index is 11.9. The Bertz CT molecular complexity index is 673. The third-order valence-electron chi connectivity index (χ3n) is 3.50. The smallest absolute Gasteiger partial charge is 0.248 e. The van der Waals surface area contributed by atoms with Gasteiger partial charge in [-0.25, -0.2) is 4.99 Å². The molecule has 1 atom stereocenters. The summed E-state index contributed by atoms with van der Waals surface area (Å²) in [7, 11) is 0. The summed E-state index contributed by atoms with van der Waals surface area (Å²) in [4.78, 5) is 16.5. The number of nitrogens with one attached hydrogen (secondary N) is 1. The summed E-state index contributed by atoms with van der Waals surface area (Å²) in [6.07, 6.45) is 2.21. The molecule has 1 aromatic rings. The van der Waals surface area contributed by atoms with Crippen LogP contribution in [-0.2, 0) is 4.79 Å². The molecule has 7 heteroatoms. The van der Waals surface area contributed by atoms with Gasteiger partial charge in [0, 0.05) is 17.0 Å². The molecule has 124 valence electrons. The van der Waals surface area contributed by atoms with Gasteiger partial charge in [0.1, 0.15) is 6.04 Å². The van der Waals surface area contributed by atoms with Crippen LogP contribution in [0.4, 0.5) is 0 Å². The molecule has 0 aliphatic carbocycles. The second kappa shape index (κ2) is 8.08. The summed E-state index contributed by atoms with van der Waals surface area (Å²) >= 11 is 14.0. The van der Waals surface area contributed by atoms with E-state index in [1.165, 1.54) is 0 Å². The number of unbranched alkanes of at least 4 members (excludes halogenated alkanes) is 1. The van der Waals surface area contributed by atoms with Gasteiger partial charge < -0.3 is 11.1 Å². The SMILES string of the molecule is CCCCSC1=N[C@@H](c2cccc(Cl)c2Cl)C(C(N)=O)=C(C)N1. The molecule has 0 unspecified atom stereocenters. The minimum Gasteiger partial charge on any atom is -0.366 e. The van der Waals surface area contributed by atoms with Crippen molar-refractivity contribution >= 4 is 46.0 Å². The molecule has 0 saturated carbocycles. The second-order valence-electron chi connectivity index (χ2n) is 5.21. The minimum atomic E-state index is -0.538. The minimum absolute atomic E-state index is 0.397. The molecule has 0 radical (unpaired) electrons. The molecule has 3 N–H and O–H groups in total. The number of hydrogen-bond donors (Lipinski definition) is 2. The van der Waals surface area contributed by atoms with Crippen molar-refractivity contribution in [3.63, 3.8) is 0 Å². The number of rotatable bonds is 5. The van der Waals surface area contributed by atoms with E-state index < -0.39 is 11.9 Å². The lowest BCUT2D eigenvalue weighted by atomic mass is 9.96. The molecule has 0 saturated heterocycles. The van der Waals surface area contributed by atoms with Crippen molar-refractivity contribution in [2.75, 3.05) is 5.75 Å². The van der Waals surface area contributed by atoms with Crippen LogP contribution in [0.3, 0.4) is 0 Å². The van der Waals surface area contributed by atoms with E-state index in [0.717, 1.165) is 23.8 Å². The summed E-state index contributed by atoms with van der Waals surface area (Å²) < 4.78 is 0. The zero-order valence-corrected chi connectivity index (χ0v) is 15.4. The van der Waals surface area contributed by atoms with Crippen molar-refractivity contribution in [3.8, 4) is 0 Å². The van der Waals surface area contributed by atoms with Gasteiger partial charge in [-0.05, 0) is 19.4 Å². The van der Waals surface area contributed by atoms with Crippen LogP contribution in [0.5, 0.6) is 0 Å². The van der Waals surface area contributed by atoms with Gasteiger partial charge in [-0.2, -0.15) is 0 Å². The van der Waals surface area contributed by atoms with E-state index in [1.54, 1.807) is 23.9 Å². The van der Waals surface area contributed by atoms with E-state index in [2.05, 4.69) is 17.2 Å². The first-order valence-corrected chi connectivity index (χ1v) is 9.12. The van der Waals surface area contributed by atoms with E-state index >= 15 is 0 Å². The van der Waals surface area contributed by atoms with Crippen molar-refractivity contribution in [2.45, 2.75) is 32.7 Å². The molecule has 1 aliphatic heterocycles. The Morgan fingerprint density at radius 2 is 2.17 bits per heavy atom. The molecule has 1 heterocycles. The van der Waals surface area contributed by atoms with Crippen LogP contribution in [0.2, 0.25) is 10.0 Å². The predicted octanol–water partition coefficient (Wildman–Crippen LogP) is 4.29. The van der Waals surface area contributed by atoms with Crippen LogP contribution in [0.15, 0.2) is 34.5 Å². The van der Waals surface area contributed by atoms with Crippen LogP contribution in [0, 0.1) is 0 Å². The lowest BCUT2D eigenvalue weighted by molar-refractivity contribution is -0.114. The van der Waals surface area contributed by atoms with Gasteiger partial charge >= 0.3 is 0 Å². The third-order valence-corrected chi connectivity index (χ3v) is 5.30. The lowest BCUT2D eigenvalue weighted by Crippen LogP contribution is -2.32. The van der Waals surface area contributed by atoms with E-state index in [-0.39, 0.29) is 0 Å². The van der Waals surface area contributed by atoms with Crippen LogP contribution < -0.4 is 11.1 Å². The maximum Gasteiger partial charge on any atom is 0.248 e. The van der Waals surface area contributed by atoms with Gasteiger partial charge in [0.15, 0.2) is 5.17 Å². The van der Waals surface area contributed by atoms with Gasteiger partial charge in [-0.3, -0.25) is 4.79 Å². The second-order valence-corrected chi connectivity index (χ2v) is 7.08. The summed E-state index contributed by atoms with van der Waals surface area (Å²) in [6.45, 7) is 3.96. The number of primary amides is 1. The van der Waals surface area contributed by atoms with Crippen LogP contribution in [0.25, 0.3) is 0 Å². The van der Waals surface area contributed by atoms with Gasteiger partial charge in [-0.15, -0.1) is 0 Å². The number of allylic oxidation sites excluding steroid dienone is 1. The number of thioether (sulfide) groups is 1. The lowest BCUT2D eigenvalue weighted by Gasteiger charge is -2.26. The molecule has 0 aromatic heterocycles. The van der Waals surface area contributed by atoms with Crippen LogP contribution in [0.1, 0.15) is 38.3 Å². The summed E-state index contributed by atoms with van der Waals surface area (Å²) in [5, 5.41) is 4.75. The third kappa shape index (κ3) is 4.22. The maximum absolute atomic E-state index is 11.9. The van der Waals surface area contributed by atoms with Crippen molar-refractivity contribution in [1.29, 1.82) is 0 Å². The largest absolute Gasteiger partial charge is 0.366 e. The Hall–Kier alpha value is -1.17. The highest BCUT2D eigenvalue weighted by molar-refractivity contribution is 8.13. The molecule has 1 amide bonds. The summed E-state index contributed by atoms with van der Waals surface area (Å²) in [5.41, 5.74) is 7.35. The molecule has 1 aliphatic rings. The molecule has 0 fully saturated rings. The number of benzene rings is 1. The van der Waals surface area contributed by atoms with Gasteiger partial charge in [-0.1, -0.05) is 60.4 Å². The molecular formula is C16H19Cl2N3OS. The van der Waals surface area contributed by atoms with Crippen molar-refractivity contribution in [2.24, 2.45) is 10.7 Å². The molecule has 23 heavy (non-hydrogen) atoms. The van der Waals surface area contributed by atoms with E-state index in [4.69, 9.17) is 28.9 Å². The normalized spacial score (nSPS) is 17.7. The van der Waals surface area contributed by atoms with Crippen molar-refractivity contribution in [1.82, 2.24) is 5.32 Å². The topological polar surface area (TPSA) is 67.5 Å². The zero-order chi connectivity index (χ0) is 17.0. The number of amides is 1. The number of nitrogens with two attached hydrogens (primary N) is 1.